The number of carbonyl (C=O) groups is 2. The van der Waals surface area contributed by atoms with Crippen LogP contribution in [0.2, 0.25) is 0 Å². The van der Waals surface area contributed by atoms with E-state index in [4.69, 9.17) is 4.79 Å². The number of halogens is 3. The Labute approximate surface area is 108 Å². The summed E-state index contributed by atoms with van der Waals surface area (Å²) in [4.78, 5) is 18.1. The van der Waals surface area contributed by atoms with Crippen molar-refractivity contribution in [2.75, 3.05) is 0 Å². The van der Waals surface area contributed by atoms with E-state index >= 15 is 0 Å². The summed E-state index contributed by atoms with van der Waals surface area (Å²) in [5.41, 5.74) is 0. The molecule has 0 saturated heterocycles. The van der Waals surface area contributed by atoms with Crippen molar-refractivity contribution in [1.29, 1.82) is 0 Å². The molecule has 0 rings (SSSR count). The summed E-state index contributed by atoms with van der Waals surface area (Å²) in [6.45, 7) is 3.24. The molecule has 0 aromatic heterocycles. The van der Waals surface area contributed by atoms with E-state index in [1.54, 1.807) is 13.0 Å². The van der Waals surface area contributed by atoms with Gasteiger partial charge in [0.1, 0.15) is 12.6 Å². The molecule has 68 valence electrons. The monoisotopic (exact) mass is 496 g/mol. The third kappa shape index (κ3) is 90.6. The van der Waals surface area contributed by atoms with Crippen molar-refractivity contribution >= 4 is 73.8 Å². The molecule has 5 heteroatoms. The lowest BCUT2D eigenvalue weighted by atomic mass is 10.6. The van der Waals surface area contributed by atoms with Crippen molar-refractivity contribution in [1.82, 2.24) is 0 Å². The molecule has 2 nitrogen and oxygen atoms in total. The molecule has 0 aromatic rings. The van der Waals surface area contributed by atoms with Gasteiger partial charge in [-0.1, -0.05) is 6.08 Å². The number of rotatable bonds is 1. The highest BCUT2D eigenvalue weighted by Crippen LogP contribution is 1.89. The van der Waals surface area contributed by atoms with Gasteiger partial charge in [-0.2, -0.15) is 0 Å². The second-order valence-electron chi connectivity index (χ2n) is 0.898. The molecule has 0 bridgehead atoms. The Hall–Kier alpha value is 1.27. The maximum absolute atomic E-state index is 9.32. The van der Waals surface area contributed by atoms with Crippen LogP contribution in [0.4, 0.5) is 0 Å². The Morgan fingerprint density at radius 2 is 1.36 bits per heavy atom. The van der Waals surface area contributed by atoms with Crippen LogP contribution in [0.15, 0.2) is 12.2 Å². The Morgan fingerprint density at radius 3 is 1.36 bits per heavy atom. The molecule has 0 aromatic carbocycles. The molecule has 0 aliphatic heterocycles. The van der Waals surface area contributed by atoms with Crippen LogP contribution in [0.25, 0.3) is 0 Å². The molecular weight excluding hydrogens is 485 g/mol. The smallest absolute Gasteiger partial charge is 0.142 e. The van der Waals surface area contributed by atoms with Crippen LogP contribution in [0.3, 0.4) is 0 Å². The number of hydrogen-bond donors (Lipinski definition) is 0. The summed E-state index contributed by atoms with van der Waals surface area (Å²) in [5.74, 6) is 0. The van der Waals surface area contributed by atoms with Crippen LogP contribution in [-0.4, -0.2) is 12.6 Å². The SMILES string of the molecule is C/C=C/C=O.CC=O.I.II. The number of allylic oxidation sites excluding steroid dienone is 2. The van der Waals surface area contributed by atoms with Crippen molar-refractivity contribution in [2.45, 2.75) is 13.8 Å². The minimum atomic E-state index is 0. The van der Waals surface area contributed by atoms with Crippen molar-refractivity contribution in [3.8, 4) is 0 Å². The summed E-state index contributed by atoms with van der Waals surface area (Å²) in [6, 6.07) is 0. The van der Waals surface area contributed by atoms with E-state index in [9.17, 15) is 4.79 Å². The van der Waals surface area contributed by atoms with Gasteiger partial charge in [-0.25, -0.2) is 0 Å². The summed E-state index contributed by atoms with van der Waals surface area (Å²) in [5, 5.41) is 0. The third-order valence-corrected chi connectivity index (χ3v) is 0.271. The molecule has 0 radical (unpaired) electrons. The van der Waals surface area contributed by atoms with Crippen LogP contribution in [0.5, 0.6) is 0 Å². The lowest BCUT2D eigenvalue weighted by Gasteiger charge is -1.51. The molecule has 0 fully saturated rings. The molecule has 0 aliphatic rings. The van der Waals surface area contributed by atoms with Gasteiger partial charge >= 0.3 is 0 Å². The fraction of sp³-hybridized carbons (Fsp3) is 0.333. The first-order valence-electron chi connectivity index (χ1n) is 2.44. The third-order valence-electron chi connectivity index (χ3n) is 0.271. The summed E-state index contributed by atoms with van der Waals surface area (Å²) < 4.78 is 0. The van der Waals surface area contributed by atoms with E-state index in [1.165, 1.54) is 13.0 Å². The molecule has 0 atom stereocenters. The second kappa shape index (κ2) is 42.8. The van der Waals surface area contributed by atoms with Gasteiger partial charge in [-0.3, -0.25) is 4.79 Å². The van der Waals surface area contributed by atoms with Crippen LogP contribution in [0.1, 0.15) is 13.8 Å². The minimum absolute atomic E-state index is 0. The summed E-state index contributed by atoms with van der Waals surface area (Å²) in [6.07, 6.45) is 4.63. The lowest BCUT2D eigenvalue weighted by Crippen LogP contribution is -1.50. The summed E-state index contributed by atoms with van der Waals surface area (Å²) in [7, 11) is 0. The number of carbonyl (C=O) groups excluding carboxylic acids is 2. The van der Waals surface area contributed by atoms with Crippen molar-refractivity contribution < 1.29 is 9.59 Å². The van der Waals surface area contributed by atoms with E-state index in [0.29, 0.717) is 0 Å². The molecule has 0 amide bonds. The van der Waals surface area contributed by atoms with Gasteiger partial charge < -0.3 is 4.79 Å². The molecule has 0 aliphatic carbocycles. The zero-order valence-corrected chi connectivity index (χ0v) is 12.9. The largest absolute Gasteiger partial charge is 0.304 e. The second-order valence-corrected chi connectivity index (χ2v) is 0.898. The predicted molar refractivity (Wildman–Crippen MR) is 76.1 cm³/mol. The van der Waals surface area contributed by atoms with E-state index < -0.39 is 0 Å². The van der Waals surface area contributed by atoms with Gasteiger partial charge in [0.2, 0.25) is 0 Å². The molecular formula is C6H11I3O2. The topological polar surface area (TPSA) is 34.1 Å². The lowest BCUT2D eigenvalue weighted by molar-refractivity contribution is -0.106. The van der Waals surface area contributed by atoms with Gasteiger partial charge in [-0.05, 0) is 19.9 Å². The van der Waals surface area contributed by atoms with Crippen molar-refractivity contribution in [2.24, 2.45) is 0 Å². The Kier molecular flexibility index (Phi) is 88.7. The highest BCUT2D eigenvalue weighted by Gasteiger charge is 1.48. The fourth-order valence-electron chi connectivity index (χ4n) is 0.0786. The Morgan fingerprint density at radius 1 is 1.09 bits per heavy atom. The van der Waals surface area contributed by atoms with Gasteiger partial charge in [0, 0.05) is 37.2 Å². The van der Waals surface area contributed by atoms with Gasteiger partial charge in [0.15, 0.2) is 0 Å². The van der Waals surface area contributed by atoms with E-state index in [1.807, 2.05) is 0 Å². The van der Waals surface area contributed by atoms with Crippen LogP contribution >= 0.6 is 61.2 Å². The molecule has 0 unspecified atom stereocenters. The first-order valence-corrected chi connectivity index (χ1v) is 8.72. The Balaban J connectivity index is -0.0000000360. The Bertz CT molecular complexity index is 83.9. The van der Waals surface area contributed by atoms with Crippen LogP contribution in [-0.2, 0) is 9.59 Å². The van der Waals surface area contributed by atoms with Gasteiger partial charge in [-0.15, -0.1) is 24.0 Å². The molecule has 0 saturated carbocycles. The fourth-order valence-corrected chi connectivity index (χ4v) is 0.0786. The van der Waals surface area contributed by atoms with Crippen LogP contribution < -0.4 is 0 Å². The molecule has 0 N–H and O–H groups in total. The average Bonchev–Trinajstić information content (AvgIpc) is 1.96. The van der Waals surface area contributed by atoms with E-state index in [0.717, 1.165) is 12.6 Å². The molecule has 0 heterocycles. The minimum Gasteiger partial charge on any atom is -0.304 e. The highest BCUT2D eigenvalue weighted by atomic mass is 128. The van der Waals surface area contributed by atoms with Crippen molar-refractivity contribution in [3.63, 3.8) is 0 Å². The maximum Gasteiger partial charge on any atom is 0.142 e. The van der Waals surface area contributed by atoms with Crippen LogP contribution in [0, 0.1) is 0 Å². The van der Waals surface area contributed by atoms with E-state index in [2.05, 4.69) is 37.2 Å². The normalized spacial score (nSPS) is 5.82. The number of aldehydes is 2. The molecule has 0 spiro atoms. The van der Waals surface area contributed by atoms with Gasteiger partial charge in [0.25, 0.3) is 0 Å². The average molecular weight is 496 g/mol. The predicted octanol–water partition coefficient (Wildman–Crippen LogP) is 3.36. The van der Waals surface area contributed by atoms with Crippen molar-refractivity contribution in [3.05, 3.63) is 12.2 Å². The van der Waals surface area contributed by atoms with E-state index in [-0.39, 0.29) is 24.0 Å². The first-order chi connectivity index (χ1) is 4.83. The first kappa shape index (κ1) is 22.8. The molecule has 11 heavy (non-hydrogen) atoms. The maximum atomic E-state index is 9.32. The quantitative estimate of drug-likeness (QED) is 0.318. The standard InChI is InChI=1S/C4H6O.C2H4O.I2.HI/c1-2-3-4-5;1-2-3;1-2;/h2-4H,1H3;2H,1H3;;1H/b3-2+;;;. The zero-order chi connectivity index (χ0) is 8.83. The zero-order valence-electron chi connectivity index (χ0n) is 6.29. The highest BCUT2D eigenvalue weighted by molar-refractivity contribution is 15.0. The van der Waals surface area contributed by atoms with Gasteiger partial charge in [0.05, 0.1) is 0 Å². The summed E-state index contributed by atoms with van der Waals surface area (Å²) >= 11 is 4.24. The number of hydrogen-bond acceptors (Lipinski definition) is 2.